The summed E-state index contributed by atoms with van der Waals surface area (Å²) in [6.07, 6.45) is 0. The Morgan fingerprint density at radius 1 is 0.839 bits per heavy atom. The largest absolute Gasteiger partial charge is 0.497 e. The molecule has 0 spiro atoms. The van der Waals surface area contributed by atoms with Gasteiger partial charge in [-0.1, -0.05) is 41.6 Å². The van der Waals surface area contributed by atoms with Crippen LogP contribution >= 0.6 is 11.8 Å². The van der Waals surface area contributed by atoms with Gasteiger partial charge in [-0.25, -0.2) is 0 Å². The van der Waals surface area contributed by atoms with Gasteiger partial charge >= 0.3 is 0 Å². The van der Waals surface area contributed by atoms with Crippen LogP contribution in [0.5, 0.6) is 11.5 Å². The monoisotopic (exact) mass is 431 g/mol. The zero-order chi connectivity index (χ0) is 21.6. The van der Waals surface area contributed by atoms with Gasteiger partial charge in [0.2, 0.25) is 0 Å². The second-order valence-electron chi connectivity index (χ2n) is 7.07. The third-order valence-corrected chi connectivity index (χ3v) is 5.88. The number of benzene rings is 3. The highest BCUT2D eigenvalue weighted by Gasteiger charge is 2.16. The Balaban J connectivity index is 1.69. The van der Waals surface area contributed by atoms with Crippen LogP contribution in [-0.2, 0) is 5.75 Å². The number of methoxy groups -OCH3 is 1. The van der Waals surface area contributed by atoms with Crippen LogP contribution in [-0.4, -0.2) is 28.5 Å². The lowest BCUT2D eigenvalue weighted by Gasteiger charge is -2.12. The fraction of sp³-hybridized carbons (Fsp3) is 0.200. The zero-order valence-corrected chi connectivity index (χ0v) is 18.7. The van der Waals surface area contributed by atoms with E-state index in [0.29, 0.717) is 6.61 Å². The molecular weight excluding hydrogens is 406 g/mol. The fourth-order valence-corrected chi connectivity index (χ4v) is 4.12. The van der Waals surface area contributed by atoms with Gasteiger partial charge in [-0.05, 0) is 67.9 Å². The first kappa shape index (κ1) is 21.0. The molecule has 0 atom stereocenters. The third kappa shape index (κ3) is 4.91. The van der Waals surface area contributed by atoms with Gasteiger partial charge in [0.15, 0.2) is 11.0 Å². The smallest absolute Gasteiger partial charge is 0.196 e. The van der Waals surface area contributed by atoms with Crippen molar-refractivity contribution in [3.8, 4) is 28.6 Å². The van der Waals surface area contributed by atoms with Crippen LogP contribution in [0.2, 0.25) is 0 Å². The first-order valence-electron chi connectivity index (χ1n) is 10.2. The molecule has 158 valence electrons. The average molecular weight is 432 g/mol. The summed E-state index contributed by atoms with van der Waals surface area (Å²) >= 11 is 1.67. The molecule has 5 nitrogen and oxygen atoms in total. The molecule has 4 aromatic rings. The van der Waals surface area contributed by atoms with E-state index in [0.717, 1.165) is 39.5 Å². The molecule has 0 aliphatic carbocycles. The number of aryl methyl sites for hydroxylation is 1. The van der Waals surface area contributed by atoms with Crippen molar-refractivity contribution >= 4 is 11.8 Å². The summed E-state index contributed by atoms with van der Waals surface area (Å²) < 4.78 is 13.0. The van der Waals surface area contributed by atoms with Gasteiger partial charge in [0.1, 0.15) is 11.5 Å². The maximum Gasteiger partial charge on any atom is 0.196 e. The summed E-state index contributed by atoms with van der Waals surface area (Å²) in [5, 5.41) is 9.88. The Labute approximate surface area is 187 Å². The number of rotatable bonds is 8. The second kappa shape index (κ2) is 9.71. The van der Waals surface area contributed by atoms with Gasteiger partial charge in [0.05, 0.1) is 13.7 Å². The summed E-state index contributed by atoms with van der Waals surface area (Å²) in [6, 6.07) is 24.5. The Bertz CT molecular complexity index is 1120. The highest BCUT2D eigenvalue weighted by Crippen LogP contribution is 2.31. The summed E-state index contributed by atoms with van der Waals surface area (Å²) in [5.74, 6) is 3.26. The van der Waals surface area contributed by atoms with E-state index in [1.54, 1.807) is 18.9 Å². The number of ether oxygens (including phenoxy) is 2. The molecule has 0 bridgehead atoms. The highest BCUT2D eigenvalue weighted by molar-refractivity contribution is 7.98. The summed E-state index contributed by atoms with van der Waals surface area (Å²) in [5.41, 5.74) is 4.48. The number of aromatic nitrogens is 3. The van der Waals surface area contributed by atoms with Gasteiger partial charge in [-0.2, -0.15) is 0 Å². The predicted molar refractivity (Wildman–Crippen MR) is 125 cm³/mol. The molecule has 0 amide bonds. The topological polar surface area (TPSA) is 49.2 Å². The molecule has 1 aromatic heterocycles. The van der Waals surface area contributed by atoms with Gasteiger partial charge < -0.3 is 9.47 Å². The van der Waals surface area contributed by atoms with E-state index < -0.39 is 0 Å². The number of nitrogens with zero attached hydrogens (tertiary/aromatic N) is 3. The quantitative estimate of drug-likeness (QED) is 0.323. The molecule has 0 aliphatic rings. The Morgan fingerprint density at radius 3 is 2.16 bits per heavy atom. The van der Waals surface area contributed by atoms with Crippen LogP contribution < -0.4 is 9.47 Å². The van der Waals surface area contributed by atoms with E-state index in [4.69, 9.17) is 9.47 Å². The van der Waals surface area contributed by atoms with Gasteiger partial charge in [-0.15, -0.1) is 10.2 Å². The Hall–Kier alpha value is -3.25. The van der Waals surface area contributed by atoms with Crippen molar-refractivity contribution < 1.29 is 9.47 Å². The van der Waals surface area contributed by atoms with Crippen LogP contribution in [0.4, 0.5) is 0 Å². The van der Waals surface area contributed by atoms with Crippen molar-refractivity contribution in [1.29, 1.82) is 0 Å². The first-order chi connectivity index (χ1) is 15.2. The number of thioether (sulfide) groups is 1. The summed E-state index contributed by atoms with van der Waals surface area (Å²) in [6.45, 7) is 4.72. The minimum Gasteiger partial charge on any atom is -0.497 e. The highest BCUT2D eigenvalue weighted by atomic mass is 32.2. The lowest BCUT2D eigenvalue weighted by Crippen LogP contribution is -2.00. The summed E-state index contributed by atoms with van der Waals surface area (Å²) in [4.78, 5) is 0. The van der Waals surface area contributed by atoms with Crippen molar-refractivity contribution in [3.63, 3.8) is 0 Å². The minimum atomic E-state index is 0.640. The van der Waals surface area contributed by atoms with Gasteiger partial charge in [0.25, 0.3) is 0 Å². The molecule has 0 unspecified atom stereocenters. The fourth-order valence-electron chi connectivity index (χ4n) is 3.21. The second-order valence-corrected chi connectivity index (χ2v) is 8.01. The molecule has 0 radical (unpaired) electrons. The molecule has 1 heterocycles. The molecular formula is C25H25N3O2S. The Morgan fingerprint density at radius 2 is 1.52 bits per heavy atom. The molecule has 0 fully saturated rings. The van der Waals surface area contributed by atoms with E-state index in [2.05, 4.69) is 46.0 Å². The SMILES string of the molecule is CCOc1ccc(-n2c(SCc3ccc(C)cc3)nnc2-c2ccc(OC)cc2)cc1. The molecule has 0 aliphatic heterocycles. The first-order valence-corrected chi connectivity index (χ1v) is 11.2. The van der Waals surface area contributed by atoms with Gasteiger partial charge in [-0.3, -0.25) is 4.57 Å². The maximum atomic E-state index is 5.60. The van der Waals surface area contributed by atoms with E-state index in [1.807, 2.05) is 55.5 Å². The molecule has 0 N–H and O–H groups in total. The van der Waals surface area contributed by atoms with Crippen molar-refractivity contribution in [1.82, 2.24) is 14.8 Å². The van der Waals surface area contributed by atoms with Crippen molar-refractivity contribution in [2.24, 2.45) is 0 Å². The summed E-state index contributed by atoms with van der Waals surface area (Å²) in [7, 11) is 1.66. The average Bonchev–Trinajstić information content (AvgIpc) is 3.23. The lowest BCUT2D eigenvalue weighted by atomic mass is 10.2. The lowest BCUT2D eigenvalue weighted by molar-refractivity contribution is 0.340. The van der Waals surface area contributed by atoms with E-state index in [1.165, 1.54) is 11.1 Å². The van der Waals surface area contributed by atoms with Crippen molar-refractivity contribution in [2.45, 2.75) is 24.8 Å². The van der Waals surface area contributed by atoms with Crippen molar-refractivity contribution in [3.05, 3.63) is 83.9 Å². The standard InChI is InChI=1S/C25H25N3O2S/c1-4-30-23-15-11-21(12-16-23)28-24(20-9-13-22(29-3)14-10-20)26-27-25(28)31-17-19-7-5-18(2)6-8-19/h5-16H,4,17H2,1-3H3. The predicted octanol–water partition coefficient (Wildman–Crippen LogP) is 5.94. The molecule has 6 heteroatoms. The van der Waals surface area contributed by atoms with E-state index >= 15 is 0 Å². The molecule has 4 rings (SSSR count). The molecule has 0 saturated carbocycles. The van der Waals surface area contributed by atoms with Crippen LogP contribution in [0.1, 0.15) is 18.1 Å². The zero-order valence-electron chi connectivity index (χ0n) is 17.9. The van der Waals surface area contributed by atoms with Crippen LogP contribution in [0.3, 0.4) is 0 Å². The number of hydrogen-bond acceptors (Lipinski definition) is 5. The van der Waals surface area contributed by atoms with Crippen LogP contribution in [0.15, 0.2) is 78.0 Å². The van der Waals surface area contributed by atoms with Crippen LogP contribution in [0.25, 0.3) is 17.1 Å². The number of hydrogen-bond donors (Lipinski definition) is 0. The molecule has 0 saturated heterocycles. The Kier molecular flexibility index (Phi) is 6.57. The maximum absolute atomic E-state index is 5.60. The van der Waals surface area contributed by atoms with Crippen LogP contribution in [0, 0.1) is 6.92 Å². The normalized spacial score (nSPS) is 10.8. The van der Waals surface area contributed by atoms with E-state index in [-0.39, 0.29) is 0 Å². The van der Waals surface area contributed by atoms with E-state index in [9.17, 15) is 0 Å². The minimum absolute atomic E-state index is 0.640. The third-order valence-electron chi connectivity index (χ3n) is 4.88. The van der Waals surface area contributed by atoms with Gasteiger partial charge in [0, 0.05) is 17.0 Å². The van der Waals surface area contributed by atoms with Crippen molar-refractivity contribution in [2.75, 3.05) is 13.7 Å². The molecule has 3 aromatic carbocycles. The molecule has 31 heavy (non-hydrogen) atoms.